The molecule has 1 N–H and O–H groups in total. The van der Waals surface area contributed by atoms with E-state index in [4.69, 9.17) is 4.98 Å². The van der Waals surface area contributed by atoms with Crippen LogP contribution in [0.15, 0.2) is 60.0 Å². The van der Waals surface area contributed by atoms with E-state index in [1.54, 1.807) is 11.3 Å². The fourth-order valence-electron chi connectivity index (χ4n) is 2.29. The molecule has 3 aromatic rings. The van der Waals surface area contributed by atoms with Gasteiger partial charge in [-0.1, -0.05) is 60.2 Å². The summed E-state index contributed by atoms with van der Waals surface area (Å²) in [6.07, 6.45) is 0.967. The van der Waals surface area contributed by atoms with Gasteiger partial charge < -0.3 is 5.32 Å². The van der Waals surface area contributed by atoms with Crippen LogP contribution in [0.4, 0.5) is 0 Å². The first kappa shape index (κ1) is 14.9. The quantitative estimate of drug-likeness (QED) is 0.680. The Morgan fingerprint density at radius 2 is 1.77 bits per heavy atom. The van der Waals surface area contributed by atoms with Crippen LogP contribution >= 0.6 is 11.3 Å². The highest BCUT2D eigenvalue weighted by Crippen LogP contribution is 2.23. The fourth-order valence-corrected chi connectivity index (χ4v) is 3.15. The first-order valence-corrected chi connectivity index (χ1v) is 8.45. The molecule has 0 atom stereocenters. The normalized spacial score (nSPS) is 10.8. The second-order valence-electron chi connectivity index (χ2n) is 5.42. The minimum absolute atomic E-state index is 0.913. The molecule has 0 spiro atoms. The van der Waals surface area contributed by atoms with E-state index in [2.05, 4.69) is 66.2 Å². The molecule has 0 amide bonds. The van der Waals surface area contributed by atoms with Crippen molar-refractivity contribution in [1.29, 1.82) is 0 Å². The molecule has 0 fully saturated rings. The molecular formula is C19H20N2S. The highest BCUT2D eigenvalue weighted by molar-refractivity contribution is 7.13. The highest BCUT2D eigenvalue weighted by atomic mass is 32.1. The van der Waals surface area contributed by atoms with Crippen molar-refractivity contribution >= 4 is 11.3 Å². The molecule has 22 heavy (non-hydrogen) atoms. The van der Waals surface area contributed by atoms with E-state index < -0.39 is 0 Å². The molecule has 0 aliphatic rings. The van der Waals surface area contributed by atoms with Gasteiger partial charge in [-0.25, -0.2) is 4.98 Å². The van der Waals surface area contributed by atoms with Gasteiger partial charge in [0.1, 0.15) is 5.01 Å². The summed E-state index contributed by atoms with van der Waals surface area (Å²) >= 11 is 1.72. The van der Waals surface area contributed by atoms with Crippen LogP contribution in [0.5, 0.6) is 0 Å². The van der Waals surface area contributed by atoms with Gasteiger partial charge in [0, 0.05) is 30.5 Å². The SMILES string of the molecule is Cc1ccc(CNCCc2csc(-c3ccccc3)n2)cc1. The van der Waals surface area contributed by atoms with E-state index >= 15 is 0 Å². The third-order valence-corrected chi connectivity index (χ3v) is 4.52. The summed E-state index contributed by atoms with van der Waals surface area (Å²) in [5.74, 6) is 0. The van der Waals surface area contributed by atoms with E-state index in [1.165, 1.54) is 22.4 Å². The van der Waals surface area contributed by atoms with Gasteiger partial charge in [0.05, 0.1) is 5.69 Å². The molecule has 112 valence electrons. The zero-order chi connectivity index (χ0) is 15.2. The van der Waals surface area contributed by atoms with Crippen molar-refractivity contribution < 1.29 is 0 Å². The number of thiazole rings is 1. The monoisotopic (exact) mass is 308 g/mol. The zero-order valence-electron chi connectivity index (χ0n) is 12.8. The van der Waals surface area contributed by atoms with Gasteiger partial charge >= 0.3 is 0 Å². The van der Waals surface area contributed by atoms with Gasteiger partial charge in [-0.05, 0) is 12.5 Å². The van der Waals surface area contributed by atoms with Crippen molar-refractivity contribution in [2.24, 2.45) is 0 Å². The maximum atomic E-state index is 4.72. The van der Waals surface area contributed by atoms with Gasteiger partial charge in [0.25, 0.3) is 0 Å². The van der Waals surface area contributed by atoms with Crippen LogP contribution in [-0.4, -0.2) is 11.5 Å². The van der Waals surface area contributed by atoms with Crippen LogP contribution in [0.2, 0.25) is 0 Å². The average Bonchev–Trinajstić information content (AvgIpc) is 3.03. The smallest absolute Gasteiger partial charge is 0.123 e. The Kier molecular flexibility index (Phi) is 4.99. The van der Waals surface area contributed by atoms with Gasteiger partial charge in [-0.2, -0.15) is 0 Å². The topological polar surface area (TPSA) is 24.9 Å². The summed E-state index contributed by atoms with van der Waals surface area (Å²) in [6, 6.07) is 19.0. The largest absolute Gasteiger partial charge is 0.312 e. The van der Waals surface area contributed by atoms with Crippen molar-refractivity contribution in [3.8, 4) is 10.6 Å². The van der Waals surface area contributed by atoms with Gasteiger partial charge in [-0.3, -0.25) is 0 Å². The number of hydrogen-bond donors (Lipinski definition) is 1. The lowest BCUT2D eigenvalue weighted by Crippen LogP contribution is -2.16. The predicted octanol–water partition coefficient (Wildman–Crippen LogP) is 4.45. The summed E-state index contributed by atoms with van der Waals surface area (Å²) in [6.45, 7) is 3.98. The number of aromatic nitrogens is 1. The standard InChI is InChI=1S/C19H20N2S/c1-15-7-9-16(10-8-15)13-20-12-11-18-14-22-19(21-18)17-5-3-2-4-6-17/h2-10,14,20H,11-13H2,1H3. The van der Waals surface area contributed by atoms with Crippen LogP contribution < -0.4 is 5.32 Å². The van der Waals surface area contributed by atoms with Gasteiger partial charge in [0.2, 0.25) is 0 Å². The first-order chi connectivity index (χ1) is 10.8. The van der Waals surface area contributed by atoms with Crippen molar-refractivity contribution in [2.45, 2.75) is 19.9 Å². The number of aryl methyl sites for hydroxylation is 1. The second kappa shape index (κ2) is 7.34. The average molecular weight is 308 g/mol. The number of nitrogens with one attached hydrogen (secondary N) is 1. The molecule has 2 nitrogen and oxygen atoms in total. The molecule has 0 aliphatic heterocycles. The summed E-state index contributed by atoms with van der Waals surface area (Å²) in [4.78, 5) is 4.72. The van der Waals surface area contributed by atoms with E-state index in [9.17, 15) is 0 Å². The Morgan fingerprint density at radius 1 is 1.00 bits per heavy atom. The zero-order valence-corrected chi connectivity index (χ0v) is 13.6. The van der Waals surface area contributed by atoms with E-state index in [-0.39, 0.29) is 0 Å². The molecule has 0 saturated carbocycles. The van der Waals surface area contributed by atoms with Crippen LogP contribution in [0.1, 0.15) is 16.8 Å². The summed E-state index contributed by atoms with van der Waals surface area (Å²) < 4.78 is 0. The Hall–Kier alpha value is -1.97. The summed E-state index contributed by atoms with van der Waals surface area (Å²) in [7, 11) is 0. The molecule has 1 aromatic heterocycles. The minimum atomic E-state index is 0.913. The third-order valence-electron chi connectivity index (χ3n) is 3.58. The highest BCUT2D eigenvalue weighted by Gasteiger charge is 2.03. The molecule has 3 rings (SSSR count). The third kappa shape index (κ3) is 4.03. The first-order valence-electron chi connectivity index (χ1n) is 7.57. The number of rotatable bonds is 6. The van der Waals surface area contributed by atoms with E-state index in [0.717, 1.165) is 24.5 Å². The predicted molar refractivity (Wildman–Crippen MR) is 94.1 cm³/mol. The molecule has 0 bridgehead atoms. The summed E-state index contributed by atoms with van der Waals surface area (Å²) in [5, 5.41) is 6.75. The molecular weight excluding hydrogens is 288 g/mol. The Labute approximate surface area is 135 Å². The van der Waals surface area contributed by atoms with Crippen molar-refractivity contribution in [2.75, 3.05) is 6.54 Å². The van der Waals surface area contributed by atoms with Crippen molar-refractivity contribution in [3.05, 3.63) is 76.8 Å². The molecule has 0 unspecified atom stereocenters. The van der Waals surface area contributed by atoms with E-state index in [1.807, 2.05) is 6.07 Å². The lowest BCUT2D eigenvalue weighted by molar-refractivity contribution is 0.681. The Morgan fingerprint density at radius 3 is 2.55 bits per heavy atom. The minimum Gasteiger partial charge on any atom is -0.312 e. The van der Waals surface area contributed by atoms with Gasteiger partial charge in [-0.15, -0.1) is 11.3 Å². The molecule has 1 heterocycles. The molecule has 0 saturated heterocycles. The van der Waals surface area contributed by atoms with Crippen LogP contribution in [0, 0.1) is 6.92 Å². The van der Waals surface area contributed by atoms with Crippen molar-refractivity contribution in [3.63, 3.8) is 0 Å². The van der Waals surface area contributed by atoms with E-state index in [0.29, 0.717) is 0 Å². The van der Waals surface area contributed by atoms with Crippen LogP contribution in [-0.2, 0) is 13.0 Å². The number of nitrogens with zero attached hydrogens (tertiary/aromatic N) is 1. The van der Waals surface area contributed by atoms with Crippen LogP contribution in [0.25, 0.3) is 10.6 Å². The number of benzene rings is 2. The maximum absolute atomic E-state index is 4.72. The molecule has 3 heteroatoms. The molecule has 0 radical (unpaired) electrons. The fraction of sp³-hybridized carbons (Fsp3) is 0.211. The number of hydrogen-bond acceptors (Lipinski definition) is 3. The Bertz CT molecular complexity index is 702. The lowest BCUT2D eigenvalue weighted by atomic mass is 10.1. The summed E-state index contributed by atoms with van der Waals surface area (Å²) in [5.41, 5.74) is 5.00. The van der Waals surface area contributed by atoms with Crippen LogP contribution in [0.3, 0.4) is 0 Å². The second-order valence-corrected chi connectivity index (χ2v) is 6.28. The van der Waals surface area contributed by atoms with Crippen molar-refractivity contribution in [1.82, 2.24) is 10.3 Å². The maximum Gasteiger partial charge on any atom is 0.123 e. The Balaban J connectivity index is 1.48. The lowest BCUT2D eigenvalue weighted by Gasteiger charge is -2.04. The molecule has 0 aliphatic carbocycles. The molecule has 2 aromatic carbocycles. The van der Waals surface area contributed by atoms with Gasteiger partial charge in [0.15, 0.2) is 0 Å².